The van der Waals surface area contributed by atoms with Crippen molar-refractivity contribution in [1.82, 2.24) is 4.90 Å². The Balaban J connectivity index is 0.00000225. The zero-order valence-corrected chi connectivity index (χ0v) is 9.33. The van der Waals surface area contributed by atoms with E-state index in [1.165, 1.54) is 0 Å². The van der Waals surface area contributed by atoms with Crippen LogP contribution in [0.25, 0.3) is 0 Å². The van der Waals surface area contributed by atoms with Crippen molar-refractivity contribution in [3.05, 3.63) is 12.7 Å². The van der Waals surface area contributed by atoms with Crippen LogP contribution in [0.1, 0.15) is 13.3 Å². The van der Waals surface area contributed by atoms with Crippen LogP contribution >= 0.6 is 0 Å². The number of hydrogen-bond acceptors (Lipinski definition) is 4. The quantitative estimate of drug-likeness (QED) is 0.492. The van der Waals surface area contributed by atoms with E-state index < -0.39 is 12.2 Å². The van der Waals surface area contributed by atoms with Crippen molar-refractivity contribution in [3.63, 3.8) is 0 Å². The molecule has 0 aromatic rings. The van der Waals surface area contributed by atoms with E-state index in [1.807, 2.05) is 4.90 Å². The van der Waals surface area contributed by atoms with Crippen molar-refractivity contribution in [2.75, 3.05) is 19.6 Å². The number of amidine groups is 1. The van der Waals surface area contributed by atoms with Gasteiger partial charge in [0.05, 0.1) is 0 Å². The zero-order chi connectivity index (χ0) is 11.4. The SMILES string of the molecule is C=CCN1CC[N+](C(C)O)=C1CC(=O)O.[OH-]. The van der Waals surface area contributed by atoms with E-state index >= 15 is 0 Å². The first-order valence-corrected chi connectivity index (χ1v) is 4.94. The lowest BCUT2D eigenvalue weighted by molar-refractivity contribution is -0.597. The van der Waals surface area contributed by atoms with Crippen molar-refractivity contribution in [1.29, 1.82) is 0 Å². The molecule has 0 amide bonds. The summed E-state index contributed by atoms with van der Waals surface area (Å²) in [5.74, 6) is -0.219. The number of carboxylic acid groups (broad SMARTS) is 1. The molecule has 1 rings (SSSR count). The van der Waals surface area contributed by atoms with Gasteiger partial charge in [0.1, 0.15) is 26.1 Å². The Bertz CT molecular complexity index is 299. The van der Waals surface area contributed by atoms with Gasteiger partial charge in [-0.05, 0) is 0 Å². The lowest BCUT2D eigenvalue weighted by Gasteiger charge is -2.10. The van der Waals surface area contributed by atoms with E-state index in [4.69, 9.17) is 5.11 Å². The largest absolute Gasteiger partial charge is 0.870 e. The predicted octanol–water partition coefficient (Wildman–Crippen LogP) is -0.465. The van der Waals surface area contributed by atoms with E-state index in [1.54, 1.807) is 17.6 Å². The van der Waals surface area contributed by atoms with Gasteiger partial charge in [0.25, 0.3) is 5.84 Å². The summed E-state index contributed by atoms with van der Waals surface area (Å²) in [7, 11) is 0. The molecule has 1 heterocycles. The first kappa shape index (κ1) is 14.6. The number of rotatable bonds is 5. The van der Waals surface area contributed by atoms with Crippen molar-refractivity contribution in [2.24, 2.45) is 0 Å². The molecule has 0 aromatic heterocycles. The third-order valence-electron chi connectivity index (χ3n) is 2.42. The first-order valence-electron chi connectivity index (χ1n) is 4.94. The van der Waals surface area contributed by atoms with E-state index in [-0.39, 0.29) is 11.9 Å². The van der Waals surface area contributed by atoms with Gasteiger partial charge in [0.2, 0.25) is 0 Å². The molecule has 0 aromatic carbocycles. The molecule has 1 unspecified atom stereocenters. The second-order valence-electron chi connectivity index (χ2n) is 3.55. The molecule has 1 aliphatic rings. The number of aliphatic hydroxyl groups excluding tert-OH is 1. The number of carbonyl (C=O) groups is 1. The van der Waals surface area contributed by atoms with E-state index in [0.717, 1.165) is 6.54 Å². The summed E-state index contributed by atoms with van der Waals surface area (Å²) < 4.78 is 1.71. The molecule has 92 valence electrons. The van der Waals surface area contributed by atoms with Crippen molar-refractivity contribution >= 4 is 11.8 Å². The van der Waals surface area contributed by atoms with Gasteiger partial charge < -0.3 is 15.7 Å². The minimum atomic E-state index is -0.883. The molecular formula is C10H18N2O4. The molecule has 0 bridgehead atoms. The summed E-state index contributed by atoms with van der Waals surface area (Å²) in [5, 5.41) is 18.3. The highest BCUT2D eigenvalue weighted by molar-refractivity contribution is 5.94. The lowest BCUT2D eigenvalue weighted by Crippen LogP contribution is -2.34. The summed E-state index contributed by atoms with van der Waals surface area (Å²) in [5.41, 5.74) is 0. The summed E-state index contributed by atoms with van der Waals surface area (Å²) in [6.45, 7) is 7.28. The fourth-order valence-corrected chi connectivity index (χ4v) is 1.77. The Labute approximate surface area is 94.4 Å². The minimum Gasteiger partial charge on any atom is -0.870 e. The maximum absolute atomic E-state index is 10.7. The highest BCUT2D eigenvalue weighted by atomic mass is 16.4. The third-order valence-corrected chi connectivity index (χ3v) is 2.42. The molecule has 6 heteroatoms. The van der Waals surface area contributed by atoms with Crippen LogP contribution in [0.3, 0.4) is 0 Å². The highest BCUT2D eigenvalue weighted by Gasteiger charge is 2.32. The highest BCUT2D eigenvalue weighted by Crippen LogP contribution is 2.07. The smallest absolute Gasteiger partial charge is 0.315 e. The van der Waals surface area contributed by atoms with Gasteiger partial charge in [-0.2, -0.15) is 0 Å². The van der Waals surface area contributed by atoms with Crippen LogP contribution in [0.2, 0.25) is 0 Å². The Morgan fingerprint density at radius 3 is 2.81 bits per heavy atom. The van der Waals surface area contributed by atoms with Gasteiger partial charge in [0, 0.05) is 6.92 Å². The molecule has 16 heavy (non-hydrogen) atoms. The molecule has 0 saturated carbocycles. The molecule has 3 N–H and O–H groups in total. The molecule has 0 spiro atoms. The Morgan fingerprint density at radius 1 is 1.75 bits per heavy atom. The van der Waals surface area contributed by atoms with Gasteiger partial charge in [-0.25, -0.2) is 4.58 Å². The van der Waals surface area contributed by atoms with Crippen molar-refractivity contribution in [2.45, 2.75) is 19.6 Å². The van der Waals surface area contributed by atoms with Crippen LogP contribution in [0.15, 0.2) is 12.7 Å². The monoisotopic (exact) mass is 230 g/mol. The van der Waals surface area contributed by atoms with E-state index in [0.29, 0.717) is 18.9 Å². The Kier molecular flexibility index (Phi) is 5.69. The summed E-state index contributed by atoms with van der Waals surface area (Å²) in [4.78, 5) is 12.6. The van der Waals surface area contributed by atoms with Crippen LogP contribution in [0.4, 0.5) is 0 Å². The van der Waals surface area contributed by atoms with Crippen LogP contribution in [-0.4, -0.2) is 62.8 Å². The number of nitrogens with zero attached hydrogens (tertiary/aromatic N) is 2. The molecule has 0 aliphatic carbocycles. The molecule has 0 saturated heterocycles. The van der Waals surface area contributed by atoms with Crippen LogP contribution < -0.4 is 0 Å². The van der Waals surface area contributed by atoms with Gasteiger partial charge >= 0.3 is 5.97 Å². The standard InChI is InChI=1S/C10H16N2O3.H2O/c1-3-4-11-5-6-12(8(2)13)9(11)7-10(14)15;/h3,8,13H,1,4-7H2,2H3;1H2. The number of hydrogen-bond donors (Lipinski definition) is 2. The van der Waals surface area contributed by atoms with Gasteiger partial charge in [0.15, 0.2) is 6.23 Å². The summed E-state index contributed by atoms with van der Waals surface area (Å²) >= 11 is 0. The second-order valence-corrected chi connectivity index (χ2v) is 3.55. The summed E-state index contributed by atoms with van der Waals surface area (Å²) in [6.07, 6.45) is 1.03. The van der Waals surface area contributed by atoms with Crippen LogP contribution in [0.5, 0.6) is 0 Å². The second kappa shape index (κ2) is 6.24. The van der Waals surface area contributed by atoms with Crippen molar-refractivity contribution < 1.29 is 25.1 Å². The lowest BCUT2D eigenvalue weighted by atomic mass is 10.3. The van der Waals surface area contributed by atoms with Crippen LogP contribution in [0, 0.1) is 0 Å². The van der Waals surface area contributed by atoms with Gasteiger partial charge in [-0.3, -0.25) is 9.69 Å². The average Bonchev–Trinajstić information content (AvgIpc) is 2.48. The normalized spacial score (nSPS) is 17.0. The van der Waals surface area contributed by atoms with Gasteiger partial charge in [-0.1, -0.05) is 12.7 Å². The zero-order valence-electron chi connectivity index (χ0n) is 9.33. The molecule has 0 fully saturated rings. The van der Waals surface area contributed by atoms with Gasteiger partial charge in [-0.15, -0.1) is 0 Å². The molecule has 1 atom stereocenters. The fraction of sp³-hybridized carbons (Fsp3) is 0.600. The average molecular weight is 230 g/mol. The minimum absolute atomic E-state index is 0. The molecule has 6 nitrogen and oxygen atoms in total. The topological polar surface area (TPSA) is 93.8 Å². The predicted molar refractivity (Wildman–Crippen MR) is 57.8 cm³/mol. The summed E-state index contributed by atoms with van der Waals surface area (Å²) in [6, 6.07) is 0. The number of aliphatic hydroxyl groups is 1. The van der Waals surface area contributed by atoms with Crippen molar-refractivity contribution in [3.8, 4) is 0 Å². The number of carboxylic acids is 1. The fourth-order valence-electron chi connectivity index (χ4n) is 1.77. The molecular weight excluding hydrogens is 212 g/mol. The van der Waals surface area contributed by atoms with E-state index in [2.05, 4.69) is 6.58 Å². The maximum atomic E-state index is 10.7. The maximum Gasteiger partial charge on any atom is 0.315 e. The number of aliphatic carboxylic acids is 1. The Hall–Kier alpha value is -1.40. The Morgan fingerprint density at radius 2 is 2.38 bits per heavy atom. The molecule has 1 aliphatic heterocycles. The van der Waals surface area contributed by atoms with E-state index in [9.17, 15) is 9.90 Å². The third kappa shape index (κ3) is 3.32. The first-order chi connectivity index (χ1) is 7.06. The molecule has 0 radical (unpaired) electrons. The van der Waals surface area contributed by atoms with Crippen LogP contribution in [-0.2, 0) is 4.79 Å².